The number of carbonyl (C=O) groups excluding carboxylic acids is 1. The summed E-state index contributed by atoms with van der Waals surface area (Å²) in [5, 5.41) is 10.5. The first-order valence-corrected chi connectivity index (χ1v) is 10.2. The van der Waals surface area contributed by atoms with Crippen molar-refractivity contribution in [1.29, 1.82) is 0 Å². The quantitative estimate of drug-likeness (QED) is 0.677. The zero-order valence-electron chi connectivity index (χ0n) is 16.9. The number of likely N-dealkylation sites (tertiary alicyclic amines) is 1. The van der Waals surface area contributed by atoms with Gasteiger partial charge in [0.2, 0.25) is 0 Å². The van der Waals surface area contributed by atoms with Crippen molar-refractivity contribution < 1.29 is 4.79 Å². The van der Waals surface area contributed by atoms with Gasteiger partial charge in [0.1, 0.15) is 5.82 Å². The zero-order valence-corrected chi connectivity index (χ0v) is 16.9. The van der Waals surface area contributed by atoms with Gasteiger partial charge in [0.05, 0.1) is 6.04 Å². The van der Waals surface area contributed by atoms with Gasteiger partial charge in [-0.15, -0.1) is 0 Å². The minimum absolute atomic E-state index is 0.0327. The third kappa shape index (κ3) is 4.54. The molecule has 1 aliphatic heterocycles. The van der Waals surface area contributed by atoms with Gasteiger partial charge in [-0.05, 0) is 43.0 Å². The number of carbonyl (C=O) groups is 1. The number of H-pyrrole nitrogens is 1. The SMILES string of the molecule is CCc1ccc(CN2C[C@@H](NC(=O)c3ccccc3)C[C@H]2c2n[nH]c(C)n2)cc1. The maximum atomic E-state index is 12.6. The molecular weight excluding hydrogens is 362 g/mol. The Morgan fingerprint density at radius 3 is 2.52 bits per heavy atom. The lowest BCUT2D eigenvalue weighted by molar-refractivity contribution is 0.0937. The van der Waals surface area contributed by atoms with Crippen molar-refractivity contribution in [2.24, 2.45) is 0 Å². The lowest BCUT2D eigenvalue weighted by Gasteiger charge is -2.22. The van der Waals surface area contributed by atoms with Crippen LogP contribution in [0.15, 0.2) is 54.6 Å². The summed E-state index contributed by atoms with van der Waals surface area (Å²) in [4.78, 5) is 19.5. The van der Waals surface area contributed by atoms with Crippen LogP contribution >= 0.6 is 0 Å². The smallest absolute Gasteiger partial charge is 0.251 e. The van der Waals surface area contributed by atoms with Crippen LogP contribution in [0.2, 0.25) is 0 Å². The molecule has 0 unspecified atom stereocenters. The standard InChI is InChI=1S/C23H27N5O/c1-3-17-9-11-18(12-10-17)14-28-15-20(13-21(28)22-24-16(2)26-27-22)25-23(29)19-7-5-4-6-8-19/h4-12,20-21H,3,13-15H2,1-2H3,(H,25,29)(H,24,26,27)/t20-,21-/m0/s1. The molecule has 1 fully saturated rings. The van der Waals surface area contributed by atoms with Crippen molar-refractivity contribution >= 4 is 5.91 Å². The normalized spacial score (nSPS) is 19.4. The molecular formula is C23H27N5O. The number of aromatic amines is 1. The fourth-order valence-corrected chi connectivity index (χ4v) is 3.93. The molecule has 1 saturated heterocycles. The lowest BCUT2D eigenvalue weighted by Crippen LogP contribution is -2.37. The van der Waals surface area contributed by atoms with E-state index in [9.17, 15) is 4.79 Å². The van der Waals surface area contributed by atoms with Crippen LogP contribution in [0.25, 0.3) is 0 Å². The van der Waals surface area contributed by atoms with Crippen molar-refractivity contribution in [2.45, 2.75) is 45.3 Å². The molecule has 1 amide bonds. The maximum Gasteiger partial charge on any atom is 0.251 e. The Morgan fingerprint density at radius 2 is 1.86 bits per heavy atom. The fraction of sp³-hybridized carbons (Fsp3) is 0.348. The van der Waals surface area contributed by atoms with Crippen molar-refractivity contribution in [3.63, 3.8) is 0 Å². The molecule has 2 N–H and O–H groups in total. The number of hydrogen-bond donors (Lipinski definition) is 2. The fourth-order valence-electron chi connectivity index (χ4n) is 3.93. The molecule has 1 aromatic heterocycles. The summed E-state index contributed by atoms with van der Waals surface area (Å²) < 4.78 is 0. The molecule has 0 bridgehead atoms. The summed E-state index contributed by atoms with van der Waals surface area (Å²) in [6.45, 7) is 5.65. The van der Waals surface area contributed by atoms with E-state index in [1.165, 1.54) is 11.1 Å². The van der Waals surface area contributed by atoms with Crippen LogP contribution in [0, 0.1) is 6.92 Å². The summed E-state index contributed by atoms with van der Waals surface area (Å²) in [6, 6.07) is 18.3. The van der Waals surface area contributed by atoms with E-state index in [0.717, 1.165) is 37.6 Å². The number of aromatic nitrogens is 3. The second-order valence-electron chi connectivity index (χ2n) is 7.67. The largest absolute Gasteiger partial charge is 0.348 e. The first-order chi connectivity index (χ1) is 14.1. The van der Waals surface area contributed by atoms with Gasteiger partial charge >= 0.3 is 0 Å². The number of amides is 1. The van der Waals surface area contributed by atoms with Gasteiger partial charge in [-0.1, -0.05) is 49.4 Å². The van der Waals surface area contributed by atoms with Gasteiger partial charge in [-0.3, -0.25) is 14.8 Å². The number of rotatable bonds is 6. The predicted molar refractivity (Wildman–Crippen MR) is 112 cm³/mol. The van der Waals surface area contributed by atoms with Gasteiger partial charge in [-0.25, -0.2) is 4.98 Å². The Balaban J connectivity index is 1.50. The van der Waals surface area contributed by atoms with Crippen molar-refractivity contribution in [3.05, 3.63) is 82.9 Å². The van der Waals surface area contributed by atoms with Crippen LogP contribution in [-0.2, 0) is 13.0 Å². The molecule has 2 aromatic carbocycles. The van der Waals surface area contributed by atoms with E-state index < -0.39 is 0 Å². The average molecular weight is 390 g/mol. The second kappa shape index (κ2) is 8.57. The monoisotopic (exact) mass is 389 g/mol. The van der Waals surface area contributed by atoms with Crippen LogP contribution in [0.4, 0.5) is 0 Å². The van der Waals surface area contributed by atoms with E-state index in [1.807, 2.05) is 37.3 Å². The highest BCUT2D eigenvalue weighted by Gasteiger charge is 2.36. The second-order valence-corrected chi connectivity index (χ2v) is 7.67. The molecule has 0 saturated carbocycles. The van der Waals surface area contributed by atoms with Crippen molar-refractivity contribution in [2.75, 3.05) is 6.54 Å². The molecule has 4 rings (SSSR count). The minimum atomic E-state index is -0.0327. The Kier molecular flexibility index (Phi) is 5.71. The minimum Gasteiger partial charge on any atom is -0.348 e. The summed E-state index contributed by atoms with van der Waals surface area (Å²) >= 11 is 0. The molecule has 3 aromatic rings. The molecule has 6 nitrogen and oxygen atoms in total. The first kappa shape index (κ1) is 19.3. The van der Waals surface area contributed by atoms with Crippen LogP contribution in [0.5, 0.6) is 0 Å². The number of aryl methyl sites for hydroxylation is 2. The van der Waals surface area contributed by atoms with E-state index in [-0.39, 0.29) is 18.0 Å². The lowest BCUT2D eigenvalue weighted by atomic mass is 10.1. The predicted octanol–water partition coefficient (Wildman–Crippen LogP) is 3.42. The number of benzene rings is 2. The Morgan fingerprint density at radius 1 is 1.14 bits per heavy atom. The van der Waals surface area contributed by atoms with Crippen LogP contribution in [0.1, 0.15) is 52.5 Å². The van der Waals surface area contributed by atoms with Crippen LogP contribution in [0.3, 0.4) is 0 Å². The highest BCUT2D eigenvalue weighted by molar-refractivity contribution is 5.94. The van der Waals surface area contributed by atoms with Gasteiger partial charge in [0.25, 0.3) is 5.91 Å². The van der Waals surface area contributed by atoms with Gasteiger partial charge in [0, 0.05) is 24.7 Å². The molecule has 150 valence electrons. The average Bonchev–Trinajstić information content (AvgIpc) is 3.35. The summed E-state index contributed by atoms with van der Waals surface area (Å²) in [5.41, 5.74) is 3.28. The Hall–Kier alpha value is -2.99. The molecule has 0 aliphatic carbocycles. The Bertz CT molecular complexity index is 951. The topological polar surface area (TPSA) is 73.9 Å². The third-order valence-electron chi connectivity index (χ3n) is 5.50. The zero-order chi connectivity index (χ0) is 20.2. The molecule has 0 radical (unpaired) electrons. The molecule has 29 heavy (non-hydrogen) atoms. The van der Waals surface area contributed by atoms with E-state index in [4.69, 9.17) is 0 Å². The van der Waals surface area contributed by atoms with Gasteiger partial charge in [0.15, 0.2) is 5.82 Å². The van der Waals surface area contributed by atoms with Crippen molar-refractivity contribution in [1.82, 2.24) is 25.4 Å². The first-order valence-electron chi connectivity index (χ1n) is 10.2. The highest BCUT2D eigenvalue weighted by Crippen LogP contribution is 2.32. The highest BCUT2D eigenvalue weighted by atomic mass is 16.1. The molecule has 6 heteroatoms. The van der Waals surface area contributed by atoms with Crippen LogP contribution < -0.4 is 5.32 Å². The summed E-state index contributed by atoms with van der Waals surface area (Å²) in [5.74, 6) is 1.57. The number of nitrogens with one attached hydrogen (secondary N) is 2. The number of nitrogens with zero attached hydrogens (tertiary/aromatic N) is 3. The molecule has 0 spiro atoms. The summed E-state index contributed by atoms with van der Waals surface area (Å²) in [6.07, 6.45) is 1.83. The summed E-state index contributed by atoms with van der Waals surface area (Å²) in [7, 11) is 0. The van der Waals surface area contributed by atoms with Crippen LogP contribution in [-0.4, -0.2) is 38.6 Å². The molecule has 2 heterocycles. The van der Waals surface area contributed by atoms with Gasteiger partial charge < -0.3 is 5.32 Å². The Labute approximate surface area is 171 Å². The van der Waals surface area contributed by atoms with E-state index in [0.29, 0.717) is 5.56 Å². The van der Waals surface area contributed by atoms with E-state index in [2.05, 4.69) is 56.6 Å². The molecule has 2 atom stereocenters. The van der Waals surface area contributed by atoms with E-state index in [1.54, 1.807) is 0 Å². The maximum absolute atomic E-state index is 12.6. The molecule has 1 aliphatic rings. The van der Waals surface area contributed by atoms with Gasteiger partial charge in [-0.2, -0.15) is 5.10 Å². The van der Waals surface area contributed by atoms with Crippen molar-refractivity contribution in [3.8, 4) is 0 Å². The number of hydrogen-bond acceptors (Lipinski definition) is 4. The van der Waals surface area contributed by atoms with E-state index >= 15 is 0 Å². The third-order valence-corrected chi connectivity index (χ3v) is 5.50.